The van der Waals surface area contributed by atoms with Crippen molar-refractivity contribution >= 4 is 0 Å². The largest absolute Gasteiger partial charge is 0.314 e. The first-order chi connectivity index (χ1) is 6.45. The lowest BCUT2D eigenvalue weighted by Gasteiger charge is -2.16. The number of hydrogen-bond acceptors (Lipinski definition) is 1. The van der Waals surface area contributed by atoms with Crippen molar-refractivity contribution in [3.63, 3.8) is 0 Å². The molecule has 1 heterocycles. The summed E-state index contributed by atoms with van der Waals surface area (Å²) >= 11 is 0. The number of nitrogens with zero attached hydrogens (tertiary/aromatic N) is 1. The summed E-state index contributed by atoms with van der Waals surface area (Å²) in [6.07, 6.45) is 0. The van der Waals surface area contributed by atoms with Gasteiger partial charge in [-0.15, -0.1) is 0 Å². The molecule has 2 heteroatoms. The maximum absolute atomic E-state index is 4.27. The molecule has 0 amide bonds. The molecule has 1 aliphatic rings. The molecule has 2 nitrogen and oxygen atoms in total. The van der Waals surface area contributed by atoms with Crippen LogP contribution in [0.1, 0.15) is 5.56 Å². The summed E-state index contributed by atoms with van der Waals surface area (Å²) in [6.45, 7) is 2.84. The summed E-state index contributed by atoms with van der Waals surface area (Å²) in [5, 5.41) is 3.19. The van der Waals surface area contributed by atoms with E-state index < -0.39 is 0 Å². The highest BCUT2D eigenvalue weighted by molar-refractivity contribution is 5.17. The third kappa shape index (κ3) is 2.30. The fourth-order valence-electron chi connectivity index (χ4n) is 1.23. The molecule has 0 aliphatic carbocycles. The van der Waals surface area contributed by atoms with E-state index in [-0.39, 0.29) is 0 Å². The van der Waals surface area contributed by atoms with Crippen molar-refractivity contribution < 1.29 is 0 Å². The maximum atomic E-state index is 4.27. The Bertz CT molecular complexity index is 317. The van der Waals surface area contributed by atoms with Crippen LogP contribution in [0, 0.1) is 12.0 Å². The van der Waals surface area contributed by atoms with Gasteiger partial charge in [-0.25, -0.2) is 0 Å². The Kier molecular flexibility index (Phi) is 2.59. The highest BCUT2D eigenvalue weighted by atomic mass is 14.9. The quantitative estimate of drug-likeness (QED) is 0.684. The van der Waals surface area contributed by atoms with E-state index in [2.05, 4.69) is 28.4 Å². The van der Waals surface area contributed by atoms with Crippen molar-refractivity contribution in [2.24, 2.45) is 5.92 Å². The van der Waals surface area contributed by atoms with E-state index in [1.54, 1.807) is 0 Å². The molecule has 1 aromatic rings. The lowest BCUT2D eigenvalue weighted by molar-refractivity contribution is 0.431. The number of benzene rings is 1. The molecule has 0 saturated carbocycles. The maximum Gasteiger partial charge on any atom is 0.288 e. The summed E-state index contributed by atoms with van der Waals surface area (Å²) < 4.78 is 0. The lowest BCUT2D eigenvalue weighted by atomic mass is 10.1. The Morgan fingerprint density at radius 3 is 2.69 bits per heavy atom. The Balaban J connectivity index is 1.87. The van der Waals surface area contributed by atoms with E-state index in [0.717, 1.165) is 19.6 Å². The molecule has 13 heavy (non-hydrogen) atoms. The summed E-state index contributed by atoms with van der Waals surface area (Å²) in [7, 11) is 0. The molecule has 0 atom stereocenters. The SMILES string of the molecule is C(#[N+]Cc1ccccc1)C1CNC1. The minimum Gasteiger partial charge on any atom is -0.314 e. The fourth-order valence-corrected chi connectivity index (χ4v) is 1.23. The van der Waals surface area contributed by atoms with Gasteiger partial charge in [-0.3, -0.25) is 0 Å². The second-order valence-electron chi connectivity index (χ2n) is 3.29. The second kappa shape index (κ2) is 4.06. The zero-order valence-electron chi connectivity index (χ0n) is 7.53. The zero-order valence-corrected chi connectivity index (χ0v) is 7.53. The number of hydrogen-bond donors (Lipinski definition) is 1. The molecule has 0 radical (unpaired) electrons. The molecule has 1 aromatic carbocycles. The smallest absolute Gasteiger partial charge is 0.288 e. The molecular formula is C11H13N2+. The standard InChI is InChI=1S/C11H13N2/c1-2-4-10(5-3-1)6-12-7-11-8-13-9-11/h1-5,11,13H,6,8-9H2/q+1. The first kappa shape index (κ1) is 8.28. The van der Waals surface area contributed by atoms with Crippen LogP contribution in [0.3, 0.4) is 0 Å². The predicted octanol–water partition coefficient (Wildman–Crippen LogP) is 1.74. The van der Waals surface area contributed by atoms with Crippen LogP contribution >= 0.6 is 0 Å². The average molecular weight is 173 g/mol. The summed E-state index contributed by atoms with van der Waals surface area (Å²) in [6, 6.07) is 13.4. The topological polar surface area (TPSA) is 16.4 Å². The molecule has 1 saturated heterocycles. The third-order valence-corrected chi connectivity index (χ3v) is 2.16. The van der Waals surface area contributed by atoms with Crippen molar-refractivity contribution in [1.82, 2.24) is 5.32 Å². The van der Waals surface area contributed by atoms with Gasteiger partial charge < -0.3 is 5.32 Å². The highest BCUT2D eigenvalue weighted by Gasteiger charge is 2.19. The molecule has 1 aliphatic heterocycles. The van der Waals surface area contributed by atoms with Gasteiger partial charge in [0.2, 0.25) is 0 Å². The van der Waals surface area contributed by atoms with Gasteiger partial charge in [0.25, 0.3) is 12.6 Å². The van der Waals surface area contributed by atoms with Crippen molar-refractivity contribution in [3.8, 4) is 6.07 Å². The van der Waals surface area contributed by atoms with Crippen molar-refractivity contribution in [3.05, 3.63) is 40.7 Å². The second-order valence-corrected chi connectivity index (χ2v) is 3.29. The van der Waals surface area contributed by atoms with Gasteiger partial charge in [0.05, 0.1) is 0 Å². The molecule has 1 fully saturated rings. The van der Waals surface area contributed by atoms with Crippen LogP contribution in [0.5, 0.6) is 0 Å². The van der Waals surface area contributed by atoms with Gasteiger partial charge in [-0.2, -0.15) is 0 Å². The van der Waals surface area contributed by atoms with E-state index in [4.69, 9.17) is 0 Å². The molecule has 66 valence electrons. The van der Waals surface area contributed by atoms with E-state index in [1.165, 1.54) is 5.56 Å². The molecule has 2 rings (SSSR count). The molecule has 0 spiro atoms. The van der Waals surface area contributed by atoms with Gasteiger partial charge in [0, 0.05) is 18.7 Å². The van der Waals surface area contributed by atoms with E-state index in [0.29, 0.717) is 5.92 Å². The Morgan fingerprint density at radius 2 is 2.08 bits per heavy atom. The third-order valence-electron chi connectivity index (χ3n) is 2.16. The van der Waals surface area contributed by atoms with Gasteiger partial charge in [0.1, 0.15) is 5.92 Å². The predicted molar refractivity (Wildman–Crippen MR) is 53.8 cm³/mol. The number of rotatable bonds is 1. The Morgan fingerprint density at radius 1 is 1.31 bits per heavy atom. The van der Waals surface area contributed by atoms with Gasteiger partial charge in [-0.05, 0) is 0 Å². The molecule has 0 unspecified atom stereocenters. The van der Waals surface area contributed by atoms with Crippen LogP contribution in [0.2, 0.25) is 0 Å². The molecule has 1 N–H and O–H groups in total. The van der Waals surface area contributed by atoms with Gasteiger partial charge in [0.15, 0.2) is 0 Å². The zero-order chi connectivity index (χ0) is 8.93. The van der Waals surface area contributed by atoms with Crippen LogP contribution in [0.15, 0.2) is 30.3 Å². The fraction of sp³-hybridized carbons (Fsp3) is 0.364. The van der Waals surface area contributed by atoms with Crippen molar-refractivity contribution in [1.29, 1.82) is 0 Å². The first-order valence-electron chi connectivity index (χ1n) is 4.62. The van der Waals surface area contributed by atoms with Crippen LogP contribution in [0.4, 0.5) is 0 Å². The first-order valence-corrected chi connectivity index (χ1v) is 4.62. The van der Waals surface area contributed by atoms with Crippen molar-refractivity contribution in [2.75, 3.05) is 13.1 Å². The van der Waals surface area contributed by atoms with Gasteiger partial charge in [-0.1, -0.05) is 35.2 Å². The van der Waals surface area contributed by atoms with E-state index in [1.807, 2.05) is 18.2 Å². The summed E-state index contributed by atoms with van der Waals surface area (Å²) in [5.41, 5.74) is 1.25. The van der Waals surface area contributed by atoms with Crippen molar-refractivity contribution in [2.45, 2.75) is 6.54 Å². The van der Waals surface area contributed by atoms with Crippen LogP contribution < -0.4 is 5.32 Å². The summed E-state index contributed by atoms with van der Waals surface area (Å²) in [5.74, 6) is 0.545. The Hall–Kier alpha value is -1.33. The molecule has 0 bridgehead atoms. The average Bonchev–Trinajstić information content (AvgIpc) is 2.11. The minimum absolute atomic E-state index is 0.545. The molecule has 0 aromatic heterocycles. The van der Waals surface area contributed by atoms with E-state index >= 15 is 0 Å². The van der Waals surface area contributed by atoms with Crippen LogP contribution in [0.25, 0.3) is 4.85 Å². The number of nitrogens with one attached hydrogen (secondary N) is 1. The highest BCUT2D eigenvalue weighted by Crippen LogP contribution is 2.03. The summed E-state index contributed by atoms with van der Waals surface area (Å²) in [4.78, 5) is 4.27. The Labute approximate surface area is 78.4 Å². The van der Waals surface area contributed by atoms with Crippen LogP contribution in [-0.4, -0.2) is 13.1 Å². The molecular weight excluding hydrogens is 160 g/mol. The minimum atomic E-state index is 0.545. The van der Waals surface area contributed by atoms with Gasteiger partial charge >= 0.3 is 0 Å². The normalized spacial score (nSPS) is 15.7. The lowest BCUT2D eigenvalue weighted by Crippen LogP contribution is -2.40. The van der Waals surface area contributed by atoms with E-state index in [9.17, 15) is 0 Å². The monoisotopic (exact) mass is 173 g/mol. The van der Waals surface area contributed by atoms with Crippen LogP contribution in [-0.2, 0) is 6.54 Å².